The Morgan fingerprint density at radius 2 is 1.85 bits per heavy atom. The molecule has 72 valence electrons. The van der Waals surface area contributed by atoms with E-state index in [1.165, 1.54) is 6.42 Å². The number of amides is 3. The van der Waals surface area contributed by atoms with Gasteiger partial charge in [0.05, 0.1) is 0 Å². The van der Waals surface area contributed by atoms with Gasteiger partial charge in [0.25, 0.3) is 5.91 Å². The number of likely N-dealkylation sites (tertiary alicyclic amines) is 1. The Morgan fingerprint density at radius 3 is 2.38 bits per heavy atom. The van der Waals surface area contributed by atoms with Crippen molar-refractivity contribution in [2.24, 2.45) is 0 Å². The maximum Gasteiger partial charge on any atom is 0.323 e. The van der Waals surface area contributed by atoms with E-state index in [1.807, 2.05) is 4.90 Å². The molecule has 0 bridgehead atoms. The topological polar surface area (TPSA) is 61.4 Å². The third-order valence-electron chi connectivity index (χ3n) is 2.51. The molecule has 2 N–H and O–H groups in total. The summed E-state index contributed by atoms with van der Waals surface area (Å²) in [5.41, 5.74) is 0. The molecule has 0 aromatic heterocycles. The van der Waals surface area contributed by atoms with Gasteiger partial charge in [0.2, 0.25) is 0 Å². The fourth-order valence-electron chi connectivity index (χ4n) is 1.84. The second kappa shape index (κ2) is 3.33. The zero-order valence-corrected chi connectivity index (χ0v) is 7.38. The first-order chi connectivity index (χ1) is 6.27. The molecule has 0 aromatic rings. The molecule has 13 heavy (non-hydrogen) atoms. The van der Waals surface area contributed by atoms with Crippen LogP contribution in [0.2, 0.25) is 0 Å². The fourth-order valence-corrected chi connectivity index (χ4v) is 1.84. The van der Waals surface area contributed by atoms with Crippen molar-refractivity contribution in [1.82, 2.24) is 15.5 Å². The van der Waals surface area contributed by atoms with Gasteiger partial charge in [-0.05, 0) is 12.8 Å². The molecule has 0 saturated carbocycles. The summed E-state index contributed by atoms with van der Waals surface area (Å²) in [6, 6.07) is -0.374. The number of hydrogen-bond acceptors (Lipinski definition) is 3. The van der Waals surface area contributed by atoms with E-state index in [2.05, 4.69) is 10.6 Å². The van der Waals surface area contributed by atoms with E-state index in [9.17, 15) is 9.59 Å². The van der Waals surface area contributed by atoms with Crippen molar-refractivity contribution in [2.45, 2.75) is 25.4 Å². The van der Waals surface area contributed by atoms with Gasteiger partial charge in [-0.1, -0.05) is 6.42 Å². The predicted molar refractivity (Wildman–Crippen MR) is 45.9 cm³/mol. The van der Waals surface area contributed by atoms with Gasteiger partial charge in [-0.25, -0.2) is 4.79 Å². The van der Waals surface area contributed by atoms with Gasteiger partial charge in [0.1, 0.15) is 0 Å². The molecule has 0 spiro atoms. The highest BCUT2D eigenvalue weighted by atomic mass is 16.2. The summed E-state index contributed by atoms with van der Waals surface area (Å²) >= 11 is 0. The van der Waals surface area contributed by atoms with Gasteiger partial charge in [0, 0.05) is 13.1 Å². The molecular weight excluding hydrogens is 170 g/mol. The second-order valence-corrected chi connectivity index (χ2v) is 3.46. The third-order valence-corrected chi connectivity index (χ3v) is 2.51. The van der Waals surface area contributed by atoms with E-state index in [0.29, 0.717) is 0 Å². The van der Waals surface area contributed by atoms with Crippen LogP contribution >= 0.6 is 0 Å². The monoisotopic (exact) mass is 183 g/mol. The number of nitrogens with one attached hydrogen (secondary N) is 2. The first kappa shape index (κ1) is 8.50. The Bertz CT molecular complexity index is 236. The lowest BCUT2D eigenvalue weighted by Crippen LogP contribution is -2.48. The Kier molecular flexibility index (Phi) is 2.18. The number of imide groups is 1. The Hall–Kier alpha value is -1.10. The van der Waals surface area contributed by atoms with Crippen LogP contribution in [0.1, 0.15) is 19.3 Å². The van der Waals surface area contributed by atoms with E-state index in [4.69, 9.17) is 0 Å². The lowest BCUT2D eigenvalue weighted by molar-refractivity contribution is -0.124. The van der Waals surface area contributed by atoms with Crippen molar-refractivity contribution < 1.29 is 9.59 Å². The van der Waals surface area contributed by atoms with E-state index in [0.717, 1.165) is 25.9 Å². The minimum Gasteiger partial charge on any atom is -0.314 e. The molecule has 5 nitrogen and oxygen atoms in total. The molecular formula is C8H13N3O2. The number of piperidine rings is 1. The summed E-state index contributed by atoms with van der Waals surface area (Å²) in [4.78, 5) is 24.1. The van der Waals surface area contributed by atoms with Gasteiger partial charge in [-0.15, -0.1) is 0 Å². The number of carbonyl (C=O) groups is 2. The number of nitrogens with zero attached hydrogens (tertiary/aromatic N) is 1. The smallest absolute Gasteiger partial charge is 0.314 e. The first-order valence-corrected chi connectivity index (χ1v) is 4.63. The molecule has 5 heteroatoms. The SMILES string of the molecule is O=C1NC(=O)C(N2CCCCC2)N1. The molecule has 2 aliphatic rings. The summed E-state index contributed by atoms with van der Waals surface area (Å²) in [5, 5.41) is 4.83. The van der Waals surface area contributed by atoms with Crippen molar-refractivity contribution in [2.75, 3.05) is 13.1 Å². The lowest BCUT2D eigenvalue weighted by atomic mass is 10.1. The summed E-state index contributed by atoms with van der Waals surface area (Å²) in [7, 11) is 0. The highest BCUT2D eigenvalue weighted by Gasteiger charge is 2.34. The van der Waals surface area contributed by atoms with E-state index >= 15 is 0 Å². The van der Waals surface area contributed by atoms with Gasteiger partial charge < -0.3 is 5.32 Å². The molecule has 2 saturated heterocycles. The molecule has 0 aromatic carbocycles. The van der Waals surface area contributed by atoms with E-state index in [-0.39, 0.29) is 11.9 Å². The molecule has 0 aliphatic carbocycles. The molecule has 1 atom stereocenters. The van der Waals surface area contributed by atoms with Crippen LogP contribution in [0.5, 0.6) is 0 Å². The standard InChI is InChI=1S/C8H13N3O2/c12-7-6(9-8(13)10-7)11-4-2-1-3-5-11/h6H,1-5H2,(H2,9,10,12,13). The van der Waals surface area contributed by atoms with Crippen molar-refractivity contribution >= 4 is 11.9 Å². The quantitative estimate of drug-likeness (QED) is 0.546. The zero-order chi connectivity index (χ0) is 9.26. The van der Waals surface area contributed by atoms with Crippen LogP contribution in [0.15, 0.2) is 0 Å². The Balaban J connectivity index is 1.99. The summed E-state index contributed by atoms with van der Waals surface area (Å²) in [6.45, 7) is 1.80. The minimum absolute atomic E-state index is 0.216. The van der Waals surface area contributed by atoms with Crippen LogP contribution in [0, 0.1) is 0 Å². The van der Waals surface area contributed by atoms with Crippen LogP contribution in [0.25, 0.3) is 0 Å². The van der Waals surface area contributed by atoms with Gasteiger partial charge >= 0.3 is 6.03 Å². The Morgan fingerprint density at radius 1 is 1.15 bits per heavy atom. The van der Waals surface area contributed by atoms with Crippen molar-refractivity contribution in [1.29, 1.82) is 0 Å². The molecule has 2 rings (SSSR count). The highest BCUT2D eigenvalue weighted by molar-refractivity contribution is 6.03. The Labute approximate surface area is 76.5 Å². The summed E-state index contributed by atoms with van der Waals surface area (Å²) < 4.78 is 0. The molecule has 1 unspecified atom stereocenters. The van der Waals surface area contributed by atoms with Crippen LogP contribution in [0.4, 0.5) is 4.79 Å². The minimum atomic E-state index is -0.423. The van der Waals surface area contributed by atoms with Gasteiger partial charge in [-0.3, -0.25) is 15.0 Å². The maximum absolute atomic E-state index is 11.2. The average Bonchev–Trinajstić information content (AvgIpc) is 2.47. The fraction of sp³-hybridized carbons (Fsp3) is 0.750. The zero-order valence-electron chi connectivity index (χ0n) is 7.38. The second-order valence-electron chi connectivity index (χ2n) is 3.46. The normalized spacial score (nSPS) is 30.0. The van der Waals surface area contributed by atoms with Crippen LogP contribution in [-0.4, -0.2) is 36.1 Å². The maximum atomic E-state index is 11.2. The van der Waals surface area contributed by atoms with Crippen molar-refractivity contribution in [3.05, 3.63) is 0 Å². The molecule has 3 amide bonds. The number of carbonyl (C=O) groups excluding carboxylic acids is 2. The summed E-state index contributed by atoms with van der Waals surface area (Å²) in [6.07, 6.45) is 3.02. The number of rotatable bonds is 1. The van der Waals surface area contributed by atoms with Crippen molar-refractivity contribution in [3.8, 4) is 0 Å². The predicted octanol–water partition coefficient (Wildman–Crippen LogP) is -0.362. The third kappa shape index (κ3) is 1.65. The molecule has 0 radical (unpaired) electrons. The van der Waals surface area contributed by atoms with Crippen LogP contribution in [-0.2, 0) is 4.79 Å². The number of hydrogen-bond donors (Lipinski definition) is 2. The molecule has 2 heterocycles. The summed E-state index contributed by atoms with van der Waals surface area (Å²) in [5.74, 6) is -0.216. The van der Waals surface area contributed by atoms with Gasteiger partial charge in [-0.2, -0.15) is 0 Å². The van der Waals surface area contributed by atoms with E-state index < -0.39 is 6.17 Å². The first-order valence-electron chi connectivity index (χ1n) is 4.63. The molecule has 2 fully saturated rings. The van der Waals surface area contributed by atoms with Crippen molar-refractivity contribution in [3.63, 3.8) is 0 Å². The average molecular weight is 183 g/mol. The van der Waals surface area contributed by atoms with Gasteiger partial charge in [0.15, 0.2) is 6.17 Å². The van der Waals surface area contributed by atoms with Crippen LogP contribution in [0.3, 0.4) is 0 Å². The largest absolute Gasteiger partial charge is 0.323 e. The highest BCUT2D eigenvalue weighted by Crippen LogP contribution is 2.12. The van der Waals surface area contributed by atoms with E-state index in [1.54, 1.807) is 0 Å². The number of urea groups is 1. The van der Waals surface area contributed by atoms with Crippen LogP contribution < -0.4 is 10.6 Å². The molecule has 2 aliphatic heterocycles. The lowest BCUT2D eigenvalue weighted by Gasteiger charge is -2.29.